The molecule has 1 aromatic heterocycles. The van der Waals surface area contributed by atoms with Crippen LogP contribution in [0.2, 0.25) is 0 Å². The Morgan fingerprint density at radius 3 is 2.63 bits per heavy atom. The van der Waals surface area contributed by atoms with Gasteiger partial charge in [-0.25, -0.2) is 10.2 Å². The molecule has 7 heteroatoms. The number of hydrazone groups is 1. The molecule has 3 aromatic rings. The number of nitrogens with one attached hydrogen (secondary N) is 1. The average Bonchev–Trinajstić information content (AvgIpc) is 3.19. The van der Waals surface area contributed by atoms with Crippen LogP contribution in [0.1, 0.15) is 81.5 Å². The SMILES string of the molecule is COc1cccc(C(=O)N/N=C2\CCCc3oc(C(=O)Oc4cc(C)ccc4C(C)C)c(C)c32)c1. The van der Waals surface area contributed by atoms with Crippen molar-refractivity contribution < 1.29 is 23.5 Å². The van der Waals surface area contributed by atoms with E-state index in [9.17, 15) is 9.59 Å². The molecule has 0 spiro atoms. The van der Waals surface area contributed by atoms with Gasteiger partial charge in [0.1, 0.15) is 17.3 Å². The summed E-state index contributed by atoms with van der Waals surface area (Å²) in [5.74, 6) is 1.31. The fourth-order valence-corrected chi connectivity index (χ4v) is 4.28. The lowest BCUT2D eigenvalue weighted by Crippen LogP contribution is -2.22. The van der Waals surface area contributed by atoms with E-state index in [0.717, 1.165) is 23.1 Å². The summed E-state index contributed by atoms with van der Waals surface area (Å²) in [6.45, 7) is 7.90. The molecule has 7 nitrogen and oxygen atoms in total. The normalized spacial score (nSPS) is 14.1. The zero-order valence-electron chi connectivity index (χ0n) is 20.7. The molecule has 1 aliphatic rings. The van der Waals surface area contributed by atoms with E-state index in [1.165, 1.54) is 0 Å². The summed E-state index contributed by atoms with van der Waals surface area (Å²) >= 11 is 0. The predicted molar refractivity (Wildman–Crippen MR) is 134 cm³/mol. The molecule has 1 heterocycles. The lowest BCUT2D eigenvalue weighted by Gasteiger charge is -2.13. The summed E-state index contributed by atoms with van der Waals surface area (Å²) in [6, 6.07) is 12.7. The number of carbonyl (C=O) groups excluding carboxylic acids is 2. The summed E-state index contributed by atoms with van der Waals surface area (Å²) < 4.78 is 16.9. The van der Waals surface area contributed by atoms with Crippen LogP contribution in [0.3, 0.4) is 0 Å². The Hall–Kier alpha value is -3.87. The van der Waals surface area contributed by atoms with Gasteiger partial charge in [0.2, 0.25) is 5.76 Å². The lowest BCUT2D eigenvalue weighted by atomic mass is 9.93. The molecule has 0 saturated carbocycles. The van der Waals surface area contributed by atoms with E-state index in [4.69, 9.17) is 13.9 Å². The average molecular weight is 475 g/mol. The Morgan fingerprint density at radius 2 is 1.89 bits per heavy atom. The topological polar surface area (TPSA) is 90.1 Å². The molecule has 35 heavy (non-hydrogen) atoms. The molecule has 0 bridgehead atoms. The van der Waals surface area contributed by atoms with E-state index < -0.39 is 5.97 Å². The highest BCUT2D eigenvalue weighted by Gasteiger charge is 2.29. The molecule has 2 aromatic carbocycles. The van der Waals surface area contributed by atoms with Gasteiger partial charge < -0.3 is 13.9 Å². The maximum Gasteiger partial charge on any atom is 0.379 e. The second kappa shape index (κ2) is 10.2. The molecule has 0 atom stereocenters. The van der Waals surface area contributed by atoms with Crippen LogP contribution in [0.15, 0.2) is 52.0 Å². The van der Waals surface area contributed by atoms with Crippen LogP contribution in [-0.2, 0) is 6.42 Å². The van der Waals surface area contributed by atoms with E-state index in [0.29, 0.717) is 46.9 Å². The highest BCUT2D eigenvalue weighted by molar-refractivity contribution is 6.06. The molecular formula is C28H30N2O5. The molecule has 0 aliphatic heterocycles. The van der Waals surface area contributed by atoms with Crippen LogP contribution in [0.5, 0.6) is 11.5 Å². The number of hydrogen-bond donors (Lipinski definition) is 1. The Kier molecular flexibility index (Phi) is 7.05. The number of benzene rings is 2. The van der Waals surface area contributed by atoms with Crippen molar-refractivity contribution in [2.24, 2.45) is 5.10 Å². The van der Waals surface area contributed by atoms with Crippen molar-refractivity contribution in [3.05, 3.63) is 81.8 Å². The van der Waals surface area contributed by atoms with Crippen LogP contribution in [0.25, 0.3) is 0 Å². The standard InChI is InChI=1S/C28H30N2O5/c1-16(2)21-13-12-17(3)14-24(21)35-28(32)26-18(4)25-22(10-7-11-23(25)34-26)29-30-27(31)19-8-6-9-20(15-19)33-5/h6,8-9,12-16H,7,10-11H2,1-5H3,(H,30,31)/b29-22+. The Morgan fingerprint density at radius 1 is 1.09 bits per heavy atom. The third-order valence-corrected chi connectivity index (χ3v) is 6.13. The second-order valence-corrected chi connectivity index (χ2v) is 9.02. The first-order chi connectivity index (χ1) is 16.8. The van der Waals surface area contributed by atoms with Crippen molar-refractivity contribution >= 4 is 17.6 Å². The van der Waals surface area contributed by atoms with Crippen LogP contribution >= 0.6 is 0 Å². The van der Waals surface area contributed by atoms with Gasteiger partial charge in [-0.1, -0.05) is 32.0 Å². The minimum atomic E-state index is -0.538. The van der Waals surface area contributed by atoms with E-state index >= 15 is 0 Å². The van der Waals surface area contributed by atoms with Crippen molar-refractivity contribution in [1.82, 2.24) is 5.43 Å². The molecule has 0 fully saturated rings. The van der Waals surface area contributed by atoms with Crippen LogP contribution < -0.4 is 14.9 Å². The van der Waals surface area contributed by atoms with Gasteiger partial charge in [-0.15, -0.1) is 0 Å². The van der Waals surface area contributed by atoms with Gasteiger partial charge in [0, 0.05) is 23.1 Å². The van der Waals surface area contributed by atoms with E-state index in [2.05, 4.69) is 24.4 Å². The molecule has 0 unspecified atom stereocenters. The largest absolute Gasteiger partial charge is 0.497 e. The van der Waals surface area contributed by atoms with Gasteiger partial charge in [0.05, 0.1) is 12.8 Å². The fraction of sp³-hybridized carbons (Fsp3) is 0.321. The summed E-state index contributed by atoms with van der Waals surface area (Å²) in [7, 11) is 1.55. The van der Waals surface area contributed by atoms with Crippen molar-refractivity contribution in [3.63, 3.8) is 0 Å². The van der Waals surface area contributed by atoms with Crippen molar-refractivity contribution in [1.29, 1.82) is 0 Å². The smallest absolute Gasteiger partial charge is 0.379 e. The van der Waals surface area contributed by atoms with Crippen molar-refractivity contribution in [2.45, 2.75) is 52.9 Å². The van der Waals surface area contributed by atoms with Gasteiger partial charge in [0.15, 0.2) is 0 Å². The highest BCUT2D eigenvalue weighted by atomic mass is 16.5. The number of methoxy groups -OCH3 is 1. The molecule has 1 amide bonds. The van der Waals surface area contributed by atoms with Gasteiger partial charge in [-0.3, -0.25) is 4.79 Å². The first-order valence-electron chi connectivity index (χ1n) is 11.7. The number of amides is 1. The van der Waals surface area contributed by atoms with Crippen molar-refractivity contribution in [2.75, 3.05) is 7.11 Å². The maximum absolute atomic E-state index is 13.1. The molecule has 4 rings (SSSR count). The number of rotatable bonds is 6. The first-order valence-corrected chi connectivity index (χ1v) is 11.7. The third-order valence-electron chi connectivity index (χ3n) is 6.13. The van der Waals surface area contributed by atoms with Crippen LogP contribution in [0, 0.1) is 13.8 Å². The number of furan rings is 1. The second-order valence-electron chi connectivity index (χ2n) is 9.02. The monoisotopic (exact) mass is 474 g/mol. The minimum Gasteiger partial charge on any atom is -0.497 e. The zero-order chi connectivity index (χ0) is 25.1. The molecule has 0 radical (unpaired) electrons. The Balaban J connectivity index is 1.58. The molecular weight excluding hydrogens is 444 g/mol. The number of ether oxygens (including phenoxy) is 2. The maximum atomic E-state index is 13.1. The minimum absolute atomic E-state index is 0.167. The fourth-order valence-electron chi connectivity index (χ4n) is 4.28. The quantitative estimate of drug-likeness (QED) is 0.280. The summed E-state index contributed by atoms with van der Waals surface area (Å²) in [4.78, 5) is 25.7. The summed E-state index contributed by atoms with van der Waals surface area (Å²) in [5.41, 5.74) is 7.15. The zero-order valence-corrected chi connectivity index (χ0v) is 20.7. The predicted octanol–water partition coefficient (Wildman–Crippen LogP) is 5.72. The molecule has 1 N–H and O–H groups in total. The first kappa shape index (κ1) is 24.3. The molecule has 0 saturated heterocycles. The van der Waals surface area contributed by atoms with Gasteiger partial charge in [-0.2, -0.15) is 5.10 Å². The lowest BCUT2D eigenvalue weighted by molar-refractivity contribution is 0.0696. The molecule has 1 aliphatic carbocycles. The van der Waals surface area contributed by atoms with E-state index in [-0.39, 0.29) is 17.6 Å². The van der Waals surface area contributed by atoms with Gasteiger partial charge in [-0.05, 0) is 68.0 Å². The van der Waals surface area contributed by atoms with E-state index in [1.807, 2.05) is 32.0 Å². The number of esters is 1. The van der Waals surface area contributed by atoms with Gasteiger partial charge in [0.25, 0.3) is 5.91 Å². The molecule has 182 valence electrons. The number of hydrogen-bond acceptors (Lipinski definition) is 6. The highest BCUT2D eigenvalue weighted by Crippen LogP contribution is 2.32. The van der Waals surface area contributed by atoms with Crippen molar-refractivity contribution in [3.8, 4) is 11.5 Å². The van der Waals surface area contributed by atoms with Gasteiger partial charge >= 0.3 is 5.97 Å². The van der Waals surface area contributed by atoms with Crippen LogP contribution in [0.4, 0.5) is 0 Å². The van der Waals surface area contributed by atoms with E-state index in [1.54, 1.807) is 31.4 Å². The Labute approximate surface area is 205 Å². The van der Waals surface area contributed by atoms with Crippen LogP contribution in [-0.4, -0.2) is 24.7 Å². The Bertz CT molecular complexity index is 1300. The number of fused-ring (bicyclic) bond motifs is 1. The number of aryl methyl sites for hydroxylation is 2. The third kappa shape index (κ3) is 5.14. The number of carbonyl (C=O) groups is 2. The summed E-state index contributed by atoms with van der Waals surface area (Å²) in [5, 5.41) is 4.39. The number of nitrogens with zero attached hydrogens (tertiary/aromatic N) is 1. The summed E-state index contributed by atoms with van der Waals surface area (Å²) in [6.07, 6.45) is 2.15.